The minimum atomic E-state index is -1.03. The standard InChI is InChI=1S/C10H5Br2NO4/c11-3-1-4-7(14)6(9(13)15)10(16)17-8(4)5(12)2-3/h1-2,14H,(H2,13,15). The smallest absolute Gasteiger partial charge is 0.353 e. The van der Waals surface area contributed by atoms with Crippen molar-refractivity contribution in [1.82, 2.24) is 0 Å². The Morgan fingerprint density at radius 2 is 2.00 bits per heavy atom. The molecule has 2 aromatic rings. The van der Waals surface area contributed by atoms with E-state index >= 15 is 0 Å². The van der Waals surface area contributed by atoms with Crippen LogP contribution in [0.3, 0.4) is 0 Å². The summed E-state index contributed by atoms with van der Waals surface area (Å²) >= 11 is 6.41. The molecule has 0 bridgehead atoms. The first-order chi connectivity index (χ1) is 7.91. The first-order valence-electron chi connectivity index (χ1n) is 4.36. The normalized spacial score (nSPS) is 10.7. The quantitative estimate of drug-likeness (QED) is 0.760. The second-order valence-electron chi connectivity index (χ2n) is 3.24. The summed E-state index contributed by atoms with van der Waals surface area (Å²) in [6, 6.07) is 3.17. The van der Waals surface area contributed by atoms with Crippen LogP contribution in [0, 0.1) is 0 Å². The Labute approximate surface area is 111 Å². The number of benzene rings is 1. The molecule has 0 atom stereocenters. The Morgan fingerprint density at radius 1 is 1.35 bits per heavy atom. The summed E-state index contributed by atoms with van der Waals surface area (Å²) in [5, 5.41) is 10.1. The number of carbonyl (C=O) groups excluding carboxylic acids is 1. The zero-order chi connectivity index (χ0) is 12.7. The van der Waals surface area contributed by atoms with Gasteiger partial charge in [0, 0.05) is 4.47 Å². The van der Waals surface area contributed by atoms with Crippen LogP contribution in [0.2, 0.25) is 0 Å². The van der Waals surface area contributed by atoms with Gasteiger partial charge in [-0.3, -0.25) is 4.79 Å². The number of hydrogen-bond donors (Lipinski definition) is 2. The van der Waals surface area contributed by atoms with E-state index in [4.69, 9.17) is 10.2 Å². The lowest BCUT2D eigenvalue weighted by atomic mass is 10.1. The highest BCUT2D eigenvalue weighted by Gasteiger charge is 2.20. The first-order valence-corrected chi connectivity index (χ1v) is 5.95. The molecule has 1 aromatic carbocycles. The fourth-order valence-corrected chi connectivity index (χ4v) is 2.74. The minimum Gasteiger partial charge on any atom is -0.506 e. The third kappa shape index (κ3) is 1.96. The molecule has 0 radical (unpaired) electrons. The van der Waals surface area contributed by atoms with Crippen LogP contribution >= 0.6 is 31.9 Å². The molecule has 0 aliphatic carbocycles. The van der Waals surface area contributed by atoms with E-state index in [-0.39, 0.29) is 11.0 Å². The molecule has 17 heavy (non-hydrogen) atoms. The van der Waals surface area contributed by atoms with E-state index in [1.54, 1.807) is 6.07 Å². The van der Waals surface area contributed by atoms with Crippen molar-refractivity contribution in [1.29, 1.82) is 0 Å². The van der Waals surface area contributed by atoms with Crippen molar-refractivity contribution >= 4 is 48.7 Å². The number of nitrogens with two attached hydrogens (primary N) is 1. The molecule has 0 aliphatic heterocycles. The lowest BCUT2D eigenvalue weighted by molar-refractivity contribution is 0.0994. The molecule has 1 heterocycles. The zero-order valence-electron chi connectivity index (χ0n) is 8.16. The molecule has 0 unspecified atom stereocenters. The van der Waals surface area contributed by atoms with Crippen molar-refractivity contribution in [2.75, 3.05) is 0 Å². The molecular weight excluding hydrogens is 358 g/mol. The molecule has 1 aromatic heterocycles. The highest BCUT2D eigenvalue weighted by atomic mass is 79.9. The maximum atomic E-state index is 11.5. The lowest BCUT2D eigenvalue weighted by Crippen LogP contribution is -2.21. The fourth-order valence-electron chi connectivity index (χ4n) is 1.43. The summed E-state index contributed by atoms with van der Waals surface area (Å²) in [6.45, 7) is 0. The van der Waals surface area contributed by atoms with Crippen LogP contribution in [0.4, 0.5) is 0 Å². The van der Waals surface area contributed by atoms with Gasteiger partial charge in [0.15, 0.2) is 11.1 Å². The van der Waals surface area contributed by atoms with Crippen LogP contribution in [-0.2, 0) is 0 Å². The molecule has 5 nitrogen and oxygen atoms in total. The van der Waals surface area contributed by atoms with Gasteiger partial charge in [0.05, 0.1) is 9.86 Å². The van der Waals surface area contributed by atoms with Crippen LogP contribution in [0.1, 0.15) is 10.4 Å². The van der Waals surface area contributed by atoms with Crippen LogP contribution in [0.5, 0.6) is 5.75 Å². The second kappa shape index (κ2) is 4.15. The second-order valence-corrected chi connectivity index (χ2v) is 5.01. The molecule has 88 valence electrons. The summed E-state index contributed by atoms with van der Waals surface area (Å²) in [5.41, 5.74) is 3.63. The summed E-state index contributed by atoms with van der Waals surface area (Å²) in [4.78, 5) is 22.5. The van der Waals surface area contributed by atoms with Crippen molar-refractivity contribution in [3.63, 3.8) is 0 Å². The van der Waals surface area contributed by atoms with Crippen molar-refractivity contribution in [3.8, 4) is 5.75 Å². The SMILES string of the molecule is NC(=O)c1c(O)c2cc(Br)cc(Br)c2oc1=O. The average Bonchev–Trinajstić information content (AvgIpc) is 2.19. The Kier molecular flexibility index (Phi) is 2.96. The van der Waals surface area contributed by atoms with Crippen LogP contribution in [0.25, 0.3) is 11.0 Å². The van der Waals surface area contributed by atoms with Gasteiger partial charge in [0.2, 0.25) is 0 Å². The van der Waals surface area contributed by atoms with E-state index in [0.717, 1.165) is 0 Å². The van der Waals surface area contributed by atoms with Gasteiger partial charge in [-0.15, -0.1) is 0 Å². The van der Waals surface area contributed by atoms with Gasteiger partial charge in [-0.1, -0.05) is 15.9 Å². The van der Waals surface area contributed by atoms with E-state index in [9.17, 15) is 14.7 Å². The van der Waals surface area contributed by atoms with E-state index in [2.05, 4.69) is 31.9 Å². The molecule has 3 N–H and O–H groups in total. The third-order valence-electron chi connectivity index (χ3n) is 2.15. The van der Waals surface area contributed by atoms with Crippen molar-refractivity contribution < 1.29 is 14.3 Å². The van der Waals surface area contributed by atoms with Crippen molar-refractivity contribution in [3.05, 3.63) is 37.1 Å². The van der Waals surface area contributed by atoms with E-state index in [1.165, 1.54) is 6.07 Å². The topological polar surface area (TPSA) is 93.5 Å². The molecule has 1 amide bonds. The van der Waals surface area contributed by atoms with Crippen molar-refractivity contribution in [2.24, 2.45) is 5.73 Å². The van der Waals surface area contributed by atoms with Gasteiger partial charge in [-0.05, 0) is 28.1 Å². The van der Waals surface area contributed by atoms with Gasteiger partial charge < -0.3 is 15.3 Å². The number of fused-ring (bicyclic) bond motifs is 1. The van der Waals surface area contributed by atoms with Gasteiger partial charge in [-0.2, -0.15) is 0 Å². The molecule has 0 fully saturated rings. The number of halogens is 2. The Hall–Kier alpha value is -1.34. The first kappa shape index (κ1) is 12.1. The number of amides is 1. The highest BCUT2D eigenvalue weighted by molar-refractivity contribution is 9.11. The third-order valence-corrected chi connectivity index (χ3v) is 3.19. The fraction of sp³-hybridized carbons (Fsp3) is 0. The Bertz CT molecular complexity index is 693. The predicted octanol–water partition coefficient (Wildman–Crippen LogP) is 2.12. The number of rotatable bonds is 1. The van der Waals surface area contributed by atoms with Gasteiger partial charge in [0.1, 0.15) is 5.75 Å². The van der Waals surface area contributed by atoms with Gasteiger partial charge in [0.25, 0.3) is 5.91 Å². The Balaban J connectivity index is 3.02. The summed E-state index contributed by atoms with van der Waals surface area (Å²) in [5.74, 6) is -1.51. The average molecular weight is 363 g/mol. The van der Waals surface area contributed by atoms with Crippen LogP contribution in [0.15, 0.2) is 30.3 Å². The maximum absolute atomic E-state index is 11.5. The van der Waals surface area contributed by atoms with E-state index < -0.39 is 22.8 Å². The van der Waals surface area contributed by atoms with Crippen molar-refractivity contribution in [2.45, 2.75) is 0 Å². The summed E-state index contributed by atoms with van der Waals surface area (Å²) < 4.78 is 6.06. The molecule has 0 saturated carbocycles. The van der Waals surface area contributed by atoms with Gasteiger partial charge in [-0.25, -0.2) is 4.79 Å². The summed E-state index contributed by atoms with van der Waals surface area (Å²) in [7, 11) is 0. The van der Waals surface area contributed by atoms with Crippen LogP contribution < -0.4 is 11.4 Å². The maximum Gasteiger partial charge on any atom is 0.353 e. The number of primary amides is 1. The zero-order valence-corrected chi connectivity index (χ0v) is 11.3. The van der Waals surface area contributed by atoms with Crippen LogP contribution in [-0.4, -0.2) is 11.0 Å². The molecule has 0 spiro atoms. The molecular formula is C10H5Br2NO4. The highest BCUT2D eigenvalue weighted by Crippen LogP contribution is 2.33. The molecule has 7 heteroatoms. The molecule has 0 saturated heterocycles. The molecule has 0 aliphatic rings. The number of carbonyl (C=O) groups is 1. The minimum absolute atomic E-state index is 0.153. The van der Waals surface area contributed by atoms with E-state index in [1.807, 2.05) is 0 Å². The number of aromatic hydroxyl groups is 1. The van der Waals surface area contributed by atoms with Gasteiger partial charge >= 0.3 is 5.63 Å². The largest absolute Gasteiger partial charge is 0.506 e. The van der Waals surface area contributed by atoms with E-state index in [0.29, 0.717) is 8.95 Å². The number of hydrogen-bond acceptors (Lipinski definition) is 4. The lowest BCUT2D eigenvalue weighted by Gasteiger charge is -2.05. The monoisotopic (exact) mass is 361 g/mol. The Morgan fingerprint density at radius 3 is 2.59 bits per heavy atom. The molecule has 2 rings (SSSR count). The summed E-state index contributed by atoms with van der Waals surface area (Å²) in [6.07, 6.45) is 0. The predicted molar refractivity (Wildman–Crippen MR) is 68.1 cm³/mol.